The lowest BCUT2D eigenvalue weighted by molar-refractivity contribution is -0.129. The fourth-order valence-corrected chi connectivity index (χ4v) is 2.97. The molecule has 8 nitrogen and oxygen atoms in total. The first-order valence-electron chi connectivity index (χ1n) is 8.04. The normalized spacial score (nSPS) is 12.9. The minimum atomic E-state index is -0.343. The van der Waals surface area contributed by atoms with Crippen LogP contribution >= 0.6 is 0 Å². The molecule has 0 N–H and O–H groups in total. The van der Waals surface area contributed by atoms with E-state index in [9.17, 15) is 9.59 Å². The summed E-state index contributed by atoms with van der Waals surface area (Å²) in [6.45, 7) is 2.08. The van der Waals surface area contributed by atoms with E-state index in [1.54, 1.807) is 24.6 Å². The van der Waals surface area contributed by atoms with Gasteiger partial charge in [-0.3, -0.25) is 4.79 Å². The van der Waals surface area contributed by atoms with Crippen LogP contribution in [0.25, 0.3) is 16.6 Å². The maximum atomic E-state index is 12.9. The highest BCUT2D eigenvalue weighted by atomic mass is 16.7. The second-order valence-corrected chi connectivity index (χ2v) is 6.17. The molecule has 25 heavy (non-hydrogen) atoms. The van der Waals surface area contributed by atoms with E-state index in [0.29, 0.717) is 29.1 Å². The van der Waals surface area contributed by atoms with Gasteiger partial charge in [0.05, 0.1) is 5.52 Å². The van der Waals surface area contributed by atoms with Crippen molar-refractivity contribution in [2.24, 2.45) is 0 Å². The molecule has 1 aliphatic heterocycles. The van der Waals surface area contributed by atoms with Gasteiger partial charge in [0, 0.05) is 25.5 Å². The van der Waals surface area contributed by atoms with Crippen LogP contribution in [0.15, 0.2) is 23.0 Å². The number of amides is 1. The van der Waals surface area contributed by atoms with Gasteiger partial charge < -0.3 is 14.4 Å². The first-order chi connectivity index (χ1) is 12.0. The number of hydrogen-bond donors (Lipinski definition) is 0. The highest BCUT2D eigenvalue weighted by Crippen LogP contribution is 2.36. The number of aryl methyl sites for hydroxylation is 1. The highest BCUT2D eigenvalue weighted by molar-refractivity contribution is 5.87. The number of ether oxygens (including phenoxy) is 2. The summed E-state index contributed by atoms with van der Waals surface area (Å²) in [5, 5.41) is 5.27. The summed E-state index contributed by atoms with van der Waals surface area (Å²) in [5.41, 5.74) is 1.83. The molecular formula is C17H18N4O4. The molecule has 0 unspecified atom stereocenters. The summed E-state index contributed by atoms with van der Waals surface area (Å²) in [7, 11) is 3.30. The van der Waals surface area contributed by atoms with E-state index in [4.69, 9.17) is 9.47 Å². The minimum Gasteiger partial charge on any atom is -0.454 e. The Balaban J connectivity index is 2.01. The standard InChI is InChI=1S/C17H18N4O4/c1-4-10-5-11-6-13-14(25-9-24-13)7-12(11)21-16(10)18-20(17(21)23)8-15(22)19(2)3/h5-7H,4,8-9H2,1-3H3. The van der Waals surface area contributed by atoms with Gasteiger partial charge in [-0.2, -0.15) is 0 Å². The number of aromatic nitrogens is 3. The molecule has 1 aromatic carbocycles. The third-order valence-electron chi connectivity index (χ3n) is 4.38. The summed E-state index contributed by atoms with van der Waals surface area (Å²) in [5.74, 6) is 1.07. The maximum absolute atomic E-state index is 12.9. The third-order valence-corrected chi connectivity index (χ3v) is 4.38. The minimum absolute atomic E-state index is 0.0945. The number of fused-ring (bicyclic) bond motifs is 4. The predicted molar refractivity (Wildman–Crippen MR) is 91.2 cm³/mol. The van der Waals surface area contributed by atoms with Crippen molar-refractivity contribution in [1.29, 1.82) is 0 Å². The van der Waals surface area contributed by atoms with E-state index in [0.717, 1.165) is 10.9 Å². The molecule has 1 aliphatic rings. The van der Waals surface area contributed by atoms with Crippen molar-refractivity contribution in [3.8, 4) is 11.5 Å². The number of likely N-dealkylation sites (N-methyl/N-ethyl adjacent to an activating group) is 1. The average Bonchev–Trinajstić information content (AvgIpc) is 3.16. The van der Waals surface area contributed by atoms with Gasteiger partial charge in [-0.25, -0.2) is 13.9 Å². The Kier molecular flexibility index (Phi) is 3.41. The van der Waals surface area contributed by atoms with E-state index in [1.165, 1.54) is 9.58 Å². The average molecular weight is 342 g/mol. The Morgan fingerprint density at radius 1 is 1.24 bits per heavy atom. The Labute approximate surface area is 143 Å². The van der Waals surface area contributed by atoms with Crippen LogP contribution in [0.1, 0.15) is 12.5 Å². The van der Waals surface area contributed by atoms with Crippen LogP contribution in [0.2, 0.25) is 0 Å². The SMILES string of the molecule is CCc1cc2cc3c(cc2n2c(=O)n(CC(=O)N(C)C)nc12)OCO3. The van der Waals surface area contributed by atoms with Gasteiger partial charge in [-0.05, 0) is 24.1 Å². The molecule has 0 saturated carbocycles. The Morgan fingerprint density at radius 3 is 2.64 bits per heavy atom. The largest absolute Gasteiger partial charge is 0.454 e. The van der Waals surface area contributed by atoms with Crippen molar-refractivity contribution in [2.75, 3.05) is 20.9 Å². The lowest BCUT2D eigenvalue weighted by atomic mass is 10.1. The summed E-state index contributed by atoms with van der Waals surface area (Å²) in [6, 6.07) is 5.65. The molecule has 130 valence electrons. The molecule has 0 saturated heterocycles. The van der Waals surface area contributed by atoms with Crippen LogP contribution in [0.4, 0.5) is 0 Å². The molecule has 0 fully saturated rings. The second kappa shape index (κ2) is 5.51. The predicted octanol–water partition coefficient (Wildman–Crippen LogP) is 1.03. The molecule has 3 heterocycles. The molecule has 0 aliphatic carbocycles. The van der Waals surface area contributed by atoms with Crippen molar-refractivity contribution in [2.45, 2.75) is 19.9 Å². The monoisotopic (exact) mass is 342 g/mol. The number of benzene rings is 1. The van der Waals surface area contributed by atoms with Gasteiger partial charge in [-0.15, -0.1) is 5.10 Å². The number of nitrogens with zero attached hydrogens (tertiary/aromatic N) is 4. The molecule has 0 spiro atoms. The van der Waals surface area contributed by atoms with Crippen molar-refractivity contribution in [1.82, 2.24) is 19.1 Å². The molecule has 3 aromatic rings. The van der Waals surface area contributed by atoms with E-state index in [1.807, 2.05) is 19.1 Å². The van der Waals surface area contributed by atoms with Crippen molar-refractivity contribution < 1.29 is 14.3 Å². The van der Waals surface area contributed by atoms with Crippen molar-refractivity contribution >= 4 is 22.5 Å². The van der Waals surface area contributed by atoms with Crippen LogP contribution in [-0.4, -0.2) is 45.9 Å². The summed E-state index contributed by atoms with van der Waals surface area (Å²) < 4.78 is 13.6. The molecule has 2 aromatic heterocycles. The zero-order valence-corrected chi connectivity index (χ0v) is 14.3. The molecule has 0 atom stereocenters. The van der Waals surface area contributed by atoms with Crippen LogP contribution in [0, 0.1) is 0 Å². The van der Waals surface area contributed by atoms with Gasteiger partial charge in [0.15, 0.2) is 17.1 Å². The summed E-state index contributed by atoms with van der Waals surface area (Å²) in [4.78, 5) is 26.3. The zero-order chi connectivity index (χ0) is 17.7. The number of rotatable bonds is 3. The van der Waals surface area contributed by atoms with Gasteiger partial charge in [-0.1, -0.05) is 6.92 Å². The topological polar surface area (TPSA) is 78.1 Å². The molecule has 8 heteroatoms. The summed E-state index contributed by atoms with van der Waals surface area (Å²) >= 11 is 0. The second-order valence-electron chi connectivity index (χ2n) is 6.17. The smallest absolute Gasteiger partial charge is 0.351 e. The van der Waals surface area contributed by atoms with Gasteiger partial charge in [0.1, 0.15) is 6.54 Å². The van der Waals surface area contributed by atoms with E-state index >= 15 is 0 Å². The van der Waals surface area contributed by atoms with Crippen LogP contribution in [0.5, 0.6) is 11.5 Å². The molecule has 4 rings (SSSR count). The zero-order valence-electron chi connectivity index (χ0n) is 14.3. The van der Waals surface area contributed by atoms with Crippen LogP contribution in [-0.2, 0) is 17.8 Å². The molecule has 0 bridgehead atoms. The van der Waals surface area contributed by atoms with Gasteiger partial charge in [0.2, 0.25) is 12.7 Å². The number of carbonyl (C=O) groups is 1. The Hall–Kier alpha value is -3.03. The van der Waals surface area contributed by atoms with E-state index in [2.05, 4.69) is 5.10 Å². The van der Waals surface area contributed by atoms with Crippen molar-refractivity contribution in [3.05, 3.63) is 34.2 Å². The first-order valence-corrected chi connectivity index (χ1v) is 8.04. The fourth-order valence-electron chi connectivity index (χ4n) is 2.97. The van der Waals surface area contributed by atoms with Gasteiger partial charge >= 0.3 is 5.69 Å². The number of carbonyl (C=O) groups excluding carboxylic acids is 1. The number of hydrogen-bond acceptors (Lipinski definition) is 5. The fraction of sp³-hybridized carbons (Fsp3) is 0.353. The lowest BCUT2D eigenvalue weighted by Gasteiger charge is -2.08. The highest BCUT2D eigenvalue weighted by Gasteiger charge is 2.20. The number of pyridine rings is 1. The van der Waals surface area contributed by atoms with Crippen LogP contribution < -0.4 is 15.2 Å². The van der Waals surface area contributed by atoms with Gasteiger partial charge in [0.25, 0.3) is 0 Å². The third kappa shape index (κ3) is 2.33. The first kappa shape index (κ1) is 15.5. The quantitative estimate of drug-likeness (QED) is 0.710. The van der Waals surface area contributed by atoms with E-state index in [-0.39, 0.29) is 24.9 Å². The van der Waals surface area contributed by atoms with Crippen molar-refractivity contribution in [3.63, 3.8) is 0 Å². The Bertz CT molecular complexity index is 1060. The molecular weight excluding hydrogens is 324 g/mol. The Morgan fingerprint density at radius 2 is 1.96 bits per heavy atom. The van der Waals surface area contributed by atoms with E-state index < -0.39 is 0 Å². The van der Waals surface area contributed by atoms with Crippen LogP contribution in [0.3, 0.4) is 0 Å². The molecule has 0 radical (unpaired) electrons. The summed E-state index contributed by atoms with van der Waals surface area (Å²) in [6.07, 6.45) is 0.714. The lowest BCUT2D eigenvalue weighted by Crippen LogP contribution is -2.32. The maximum Gasteiger partial charge on any atom is 0.351 e. The molecule has 1 amide bonds.